The van der Waals surface area contributed by atoms with Crippen LogP contribution in [-0.2, 0) is 20.3 Å². The van der Waals surface area contributed by atoms with E-state index in [4.69, 9.17) is 15.2 Å². The predicted molar refractivity (Wildman–Crippen MR) is 162 cm³/mol. The summed E-state index contributed by atoms with van der Waals surface area (Å²) in [5.74, 6) is -0.417. The van der Waals surface area contributed by atoms with Gasteiger partial charge in [-0.05, 0) is 64.3 Å². The van der Waals surface area contributed by atoms with Crippen molar-refractivity contribution in [1.29, 1.82) is 0 Å². The molecule has 0 spiro atoms. The topological polar surface area (TPSA) is 130 Å². The first-order valence-electron chi connectivity index (χ1n) is 14.0. The maximum Gasteiger partial charge on any atom is 0.410 e. The molecule has 4 aromatic rings. The quantitative estimate of drug-likeness (QED) is 0.296. The van der Waals surface area contributed by atoms with E-state index < -0.39 is 27.0 Å². The fraction of sp³-hybridized carbons (Fsp3) is 0.387. The summed E-state index contributed by atoms with van der Waals surface area (Å²) >= 11 is 0. The van der Waals surface area contributed by atoms with Crippen LogP contribution in [0.1, 0.15) is 50.8 Å². The summed E-state index contributed by atoms with van der Waals surface area (Å²) < 4.78 is 55.5. The number of carbonyl (C=O) groups excluding carboxylic acids is 1. The summed E-state index contributed by atoms with van der Waals surface area (Å²) in [7, 11) is -2.35. The number of hydrogen-bond acceptors (Lipinski definition) is 8. The molecule has 10 nitrogen and oxygen atoms in total. The predicted octanol–water partition coefficient (Wildman–Crippen LogP) is 5.68. The number of fused-ring (bicyclic) bond motifs is 1. The summed E-state index contributed by atoms with van der Waals surface area (Å²) in [6, 6.07) is 9.24. The largest absolute Gasteiger partial charge is 0.496 e. The van der Waals surface area contributed by atoms with E-state index in [1.54, 1.807) is 36.2 Å². The van der Waals surface area contributed by atoms with E-state index in [2.05, 4.69) is 9.97 Å². The minimum absolute atomic E-state index is 0.0332. The average Bonchev–Trinajstić information content (AvgIpc) is 3.34. The first-order valence-corrected chi connectivity index (χ1v) is 15.7. The van der Waals surface area contributed by atoms with Crippen LogP contribution in [0.2, 0.25) is 0 Å². The van der Waals surface area contributed by atoms with E-state index in [1.165, 1.54) is 31.6 Å². The smallest absolute Gasteiger partial charge is 0.410 e. The van der Waals surface area contributed by atoms with Crippen molar-refractivity contribution in [2.24, 2.45) is 0 Å². The van der Waals surface area contributed by atoms with Crippen LogP contribution in [0.3, 0.4) is 0 Å². The van der Waals surface area contributed by atoms with Crippen LogP contribution in [0.4, 0.5) is 15.0 Å². The van der Waals surface area contributed by atoms with Crippen molar-refractivity contribution in [1.82, 2.24) is 19.4 Å². The van der Waals surface area contributed by atoms with Crippen LogP contribution in [0.5, 0.6) is 5.75 Å². The minimum Gasteiger partial charge on any atom is -0.496 e. The number of likely N-dealkylation sites (tertiary alicyclic amines) is 1. The third-order valence-electron chi connectivity index (χ3n) is 7.59. The summed E-state index contributed by atoms with van der Waals surface area (Å²) in [6.45, 7) is 8.22. The van der Waals surface area contributed by atoms with Gasteiger partial charge in [-0.15, -0.1) is 0 Å². The minimum atomic E-state index is -3.86. The second-order valence-electron chi connectivity index (χ2n) is 11.8. The van der Waals surface area contributed by atoms with Gasteiger partial charge in [0.05, 0.1) is 23.1 Å². The van der Waals surface area contributed by atoms with Crippen LogP contribution in [0.25, 0.3) is 22.2 Å². The SMILES string of the molecule is COc1ccc(S(=O)(=O)Cc2cccc(-c3cn(C4CCN(C(=O)OC(C)(C)C)CC4)c4ncnc(N)c34)c2F)cc1C. The number of nitrogens with two attached hydrogens (primary N) is 1. The van der Waals surface area contributed by atoms with Crippen LogP contribution in [0.15, 0.2) is 53.8 Å². The number of carbonyl (C=O) groups is 1. The second-order valence-corrected chi connectivity index (χ2v) is 13.8. The van der Waals surface area contributed by atoms with Gasteiger partial charge in [-0.25, -0.2) is 27.6 Å². The molecule has 2 aromatic heterocycles. The highest BCUT2D eigenvalue weighted by atomic mass is 32.2. The highest BCUT2D eigenvalue weighted by Gasteiger charge is 2.30. The number of rotatable bonds is 6. The lowest BCUT2D eigenvalue weighted by Crippen LogP contribution is -2.42. The fourth-order valence-corrected chi connectivity index (χ4v) is 6.91. The number of methoxy groups -OCH3 is 1. The molecule has 1 aliphatic heterocycles. The van der Waals surface area contributed by atoms with Crippen molar-refractivity contribution >= 4 is 32.8 Å². The Bertz CT molecular complexity index is 1790. The first-order chi connectivity index (χ1) is 20.3. The van der Waals surface area contributed by atoms with E-state index >= 15 is 4.39 Å². The van der Waals surface area contributed by atoms with E-state index in [-0.39, 0.29) is 34.0 Å². The number of sulfone groups is 1. The van der Waals surface area contributed by atoms with E-state index in [0.29, 0.717) is 53.8 Å². The number of nitrogens with zero attached hydrogens (tertiary/aromatic N) is 4. The molecule has 0 bridgehead atoms. The lowest BCUT2D eigenvalue weighted by atomic mass is 10.0. The van der Waals surface area contributed by atoms with Crippen LogP contribution >= 0.6 is 0 Å². The number of hydrogen-bond donors (Lipinski definition) is 1. The van der Waals surface area contributed by atoms with E-state index in [0.717, 1.165) is 0 Å². The standard InChI is InChI=1S/C31H36FN5O5S/c1-19-15-22(9-10-25(19)41-5)43(39,40)17-20-7-6-8-23(27(20)32)24-16-37(29-26(24)28(33)34-18-35-29)21-11-13-36(14-12-21)30(38)42-31(2,3)4/h6-10,15-16,18,21H,11-14,17H2,1-5H3,(H2,33,34,35). The van der Waals surface area contributed by atoms with Crippen molar-refractivity contribution in [3.8, 4) is 16.9 Å². The Kier molecular flexibility index (Phi) is 8.08. The zero-order valence-electron chi connectivity index (χ0n) is 24.9. The van der Waals surface area contributed by atoms with E-state index in [9.17, 15) is 13.2 Å². The van der Waals surface area contributed by atoms with Crippen molar-refractivity contribution < 1.29 is 27.1 Å². The lowest BCUT2D eigenvalue weighted by Gasteiger charge is -2.34. The molecule has 0 unspecified atom stereocenters. The molecular weight excluding hydrogens is 573 g/mol. The molecule has 1 fully saturated rings. The molecule has 12 heteroatoms. The molecular formula is C31H36FN5O5S. The van der Waals surface area contributed by atoms with Crippen LogP contribution < -0.4 is 10.5 Å². The van der Waals surface area contributed by atoms with Crippen molar-refractivity contribution in [3.05, 3.63) is 65.9 Å². The van der Waals surface area contributed by atoms with Gasteiger partial charge >= 0.3 is 6.09 Å². The number of nitrogen functional groups attached to an aromatic ring is 1. The van der Waals surface area contributed by atoms with E-state index in [1.807, 2.05) is 25.3 Å². The summed E-state index contributed by atoms with van der Waals surface area (Å²) in [5, 5.41) is 0.488. The fourth-order valence-electron chi connectivity index (χ4n) is 5.48. The van der Waals surface area contributed by atoms with Crippen LogP contribution in [0, 0.1) is 12.7 Å². The lowest BCUT2D eigenvalue weighted by molar-refractivity contribution is 0.0189. The normalized spacial score (nSPS) is 14.7. The highest BCUT2D eigenvalue weighted by Crippen LogP contribution is 2.38. The number of halogens is 1. The van der Waals surface area contributed by atoms with Gasteiger partial charge in [-0.1, -0.05) is 18.2 Å². The Balaban J connectivity index is 1.47. The van der Waals surface area contributed by atoms with Crippen molar-refractivity contribution in [3.63, 3.8) is 0 Å². The number of piperidine rings is 1. The highest BCUT2D eigenvalue weighted by molar-refractivity contribution is 7.90. The Morgan fingerprint density at radius 2 is 1.84 bits per heavy atom. The molecule has 43 heavy (non-hydrogen) atoms. The molecule has 2 N–H and O–H groups in total. The van der Waals surface area contributed by atoms with Crippen molar-refractivity contribution in [2.45, 2.75) is 62.8 Å². The molecule has 1 saturated heterocycles. The van der Waals surface area contributed by atoms with Crippen molar-refractivity contribution in [2.75, 3.05) is 25.9 Å². The second kappa shape index (κ2) is 11.5. The summed E-state index contributed by atoms with van der Waals surface area (Å²) in [6.07, 6.45) is 4.08. The third kappa shape index (κ3) is 6.15. The molecule has 0 radical (unpaired) electrons. The number of amides is 1. The van der Waals surface area contributed by atoms with Gasteiger partial charge in [-0.2, -0.15) is 0 Å². The molecule has 5 rings (SSSR count). The number of aryl methyl sites for hydroxylation is 1. The van der Waals surface area contributed by atoms with Gasteiger partial charge in [0, 0.05) is 42.0 Å². The van der Waals surface area contributed by atoms with Gasteiger partial charge in [0.25, 0.3) is 0 Å². The number of aromatic nitrogens is 3. The molecule has 1 aliphatic rings. The summed E-state index contributed by atoms with van der Waals surface area (Å²) in [4.78, 5) is 23.0. The average molecular weight is 610 g/mol. The monoisotopic (exact) mass is 609 g/mol. The van der Waals surface area contributed by atoms with Gasteiger partial charge < -0.3 is 24.7 Å². The van der Waals surface area contributed by atoms with Gasteiger partial charge in [0.2, 0.25) is 0 Å². The number of ether oxygens (including phenoxy) is 2. The Morgan fingerprint density at radius 3 is 2.49 bits per heavy atom. The number of benzene rings is 2. The molecule has 228 valence electrons. The molecule has 3 heterocycles. The maximum atomic E-state index is 16.2. The van der Waals surface area contributed by atoms with Crippen LogP contribution in [-0.4, -0.2) is 59.7 Å². The van der Waals surface area contributed by atoms with Gasteiger partial charge in [0.15, 0.2) is 9.84 Å². The Hall–Kier alpha value is -4.19. The zero-order valence-corrected chi connectivity index (χ0v) is 25.7. The first kappa shape index (κ1) is 30.3. The molecule has 0 saturated carbocycles. The molecule has 2 aromatic carbocycles. The maximum absolute atomic E-state index is 16.2. The molecule has 1 amide bonds. The van der Waals surface area contributed by atoms with Gasteiger partial charge in [0.1, 0.15) is 35.0 Å². The molecule has 0 aliphatic carbocycles. The Morgan fingerprint density at radius 1 is 1.12 bits per heavy atom. The third-order valence-corrected chi connectivity index (χ3v) is 9.25. The summed E-state index contributed by atoms with van der Waals surface area (Å²) in [5.41, 5.74) is 7.64. The molecule has 0 atom stereocenters. The Labute approximate surface area is 250 Å². The zero-order chi connectivity index (χ0) is 31.1. The number of anilines is 1. The van der Waals surface area contributed by atoms with Gasteiger partial charge in [-0.3, -0.25) is 0 Å².